The van der Waals surface area contributed by atoms with Crippen LogP contribution in [0.3, 0.4) is 0 Å². The lowest BCUT2D eigenvalue weighted by Crippen LogP contribution is -2.13. The molecule has 0 heterocycles. The van der Waals surface area contributed by atoms with Crippen molar-refractivity contribution < 1.29 is 19.0 Å². The van der Waals surface area contributed by atoms with Crippen LogP contribution < -0.4 is 9.47 Å². The molecule has 6 nitrogen and oxygen atoms in total. The van der Waals surface area contributed by atoms with Crippen molar-refractivity contribution >= 4 is 5.97 Å². The number of nitrogens with zero attached hydrogens (tertiary/aromatic N) is 1. The molecule has 0 unspecified atom stereocenters. The first kappa shape index (κ1) is 25.7. The average Bonchev–Trinajstić information content (AvgIpc) is 2.87. The number of nitroso groups, excluding NO2 is 1. The Balaban J connectivity index is 1.86. The highest BCUT2D eigenvalue weighted by molar-refractivity contribution is 5.86. The fourth-order valence-corrected chi connectivity index (χ4v) is 3.60. The lowest BCUT2D eigenvalue weighted by atomic mass is 9.93. The second kappa shape index (κ2) is 12.5. The molecule has 0 aromatic heterocycles. The summed E-state index contributed by atoms with van der Waals surface area (Å²) in [6.07, 6.45) is 0.866. The third-order valence-corrected chi connectivity index (χ3v) is 5.49. The summed E-state index contributed by atoms with van der Waals surface area (Å²) in [7, 11) is 0. The van der Waals surface area contributed by atoms with Gasteiger partial charge in [-0.2, -0.15) is 4.91 Å². The van der Waals surface area contributed by atoms with Gasteiger partial charge in [0.2, 0.25) is 0 Å². The fourth-order valence-electron chi connectivity index (χ4n) is 3.60. The molecule has 6 heteroatoms. The van der Waals surface area contributed by atoms with E-state index in [0.717, 1.165) is 17.5 Å². The van der Waals surface area contributed by atoms with E-state index in [9.17, 15) is 9.70 Å². The fraction of sp³-hybridized carbons (Fsp3) is 0.276. The summed E-state index contributed by atoms with van der Waals surface area (Å²) in [5.41, 5.74) is 7.20. The molecule has 0 saturated heterocycles. The number of aryl methyl sites for hydroxylation is 2. The predicted molar refractivity (Wildman–Crippen MR) is 139 cm³/mol. The third kappa shape index (κ3) is 7.03. The molecule has 0 aliphatic heterocycles. The van der Waals surface area contributed by atoms with E-state index in [1.165, 1.54) is 22.3 Å². The Morgan fingerprint density at radius 1 is 0.857 bits per heavy atom. The Kier molecular flexibility index (Phi) is 9.18. The van der Waals surface area contributed by atoms with Crippen molar-refractivity contribution in [2.75, 3.05) is 26.4 Å². The normalized spacial score (nSPS) is 10.5. The van der Waals surface area contributed by atoms with Gasteiger partial charge in [-0.1, -0.05) is 72.8 Å². The van der Waals surface area contributed by atoms with Gasteiger partial charge in [-0.15, -0.1) is 0 Å². The van der Waals surface area contributed by atoms with Gasteiger partial charge in [0.25, 0.3) is 0 Å². The van der Waals surface area contributed by atoms with E-state index in [-0.39, 0.29) is 26.4 Å². The quantitative estimate of drug-likeness (QED) is 0.129. The van der Waals surface area contributed by atoms with Crippen LogP contribution in [0.2, 0.25) is 0 Å². The van der Waals surface area contributed by atoms with Crippen LogP contribution in [-0.4, -0.2) is 32.3 Å². The predicted octanol–water partition coefficient (Wildman–Crippen LogP) is 6.53. The number of ether oxygens (including phenoxy) is 3. The molecule has 3 rings (SSSR count). The number of rotatable bonds is 12. The van der Waals surface area contributed by atoms with Gasteiger partial charge in [0.15, 0.2) is 11.5 Å². The van der Waals surface area contributed by atoms with Gasteiger partial charge >= 0.3 is 5.97 Å². The molecule has 35 heavy (non-hydrogen) atoms. The van der Waals surface area contributed by atoms with Gasteiger partial charge in [0.05, 0.1) is 0 Å². The summed E-state index contributed by atoms with van der Waals surface area (Å²) in [6.45, 7) is 9.79. The second-order valence-corrected chi connectivity index (χ2v) is 8.22. The number of benzene rings is 3. The number of carbonyl (C=O) groups excluding carboxylic acids is 1. The first-order chi connectivity index (χ1) is 16.9. The number of hydrogen-bond acceptors (Lipinski definition) is 6. The maximum absolute atomic E-state index is 11.6. The van der Waals surface area contributed by atoms with Crippen LogP contribution >= 0.6 is 0 Å². The van der Waals surface area contributed by atoms with Crippen molar-refractivity contribution in [2.24, 2.45) is 5.18 Å². The van der Waals surface area contributed by atoms with E-state index in [4.69, 9.17) is 14.2 Å². The topological polar surface area (TPSA) is 74.2 Å². The Morgan fingerprint density at radius 2 is 1.54 bits per heavy atom. The maximum atomic E-state index is 11.6. The minimum atomic E-state index is -0.461. The van der Waals surface area contributed by atoms with Gasteiger partial charge in [-0.05, 0) is 60.2 Å². The average molecular weight is 474 g/mol. The molecule has 0 spiro atoms. The second-order valence-electron chi connectivity index (χ2n) is 8.22. The van der Waals surface area contributed by atoms with Gasteiger partial charge in [-0.25, -0.2) is 4.79 Å². The maximum Gasteiger partial charge on any atom is 0.333 e. The van der Waals surface area contributed by atoms with E-state index in [1.807, 2.05) is 18.2 Å². The molecule has 0 N–H and O–H groups in total. The molecule has 0 atom stereocenters. The molecule has 0 radical (unpaired) electrons. The smallest absolute Gasteiger partial charge is 0.333 e. The third-order valence-electron chi connectivity index (χ3n) is 5.49. The molecule has 3 aromatic rings. The first-order valence-corrected chi connectivity index (χ1v) is 11.6. The molecule has 3 aromatic carbocycles. The monoisotopic (exact) mass is 473 g/mol. The highest BCUT2D eigenvalue weighted by Gasteiger charge is 2.12. The largest absolute Gasteiger partial charge is 0.488 e. The van der Waals surface area contributed by atoms with Crippen molar-refractivity contribution in [3.05, 3.63) is 88.8 Å². The lowest BCUT2D eigenvalue weighted by Gasteiger charge is -2.16. The van der Waals surface area contributed by atoms with Gasteiger partial charge < -0.3 is 14.2 Å². The standard InChI is InChI=1S/C29H31NO5/c1-5-22-18-24(23-8-6-21(4)7-9-23)10-12-26(22)25-11-13-27(33-15-14-30-32)28(19-25)34-16-17-35-29(31)20(2)3/h6-13,18-19H,2,5,14-17H2,1,3-4H3. The summed E-state index contributed by atoms with van der Waals surface area (Å²) in [5, 5.41) is 2.84. The number of carbonyl (C=O) groups is 1. The van der Waals surface area contributed by atoms with Gasteiger partial charge in [0, 0.05) is 5.57 Å². The van der Waals surface area contributed by atoms with Crippen LogP contribution in [0, 0.1) is 11.8 Å². The van der Waals surface area contributed by atoms with Crippen molar-refractivity contribution in [3.63, 3.8) is 0 Å². The van der Waals surface area contributed by atoms with E-state index in [0.29, 0.717) is 17.1 Å². The Bertz CT molecular complexity index is 1180. The molecular weight excluding hydrogens is 442 g/mol. The molecule has 0 fully saturated rings. The number of hydrogen-bond donors (Lipinski definition) is 0. The van der Waals surface area contributed by atoms with Crippen LogP contribution in [0.1, 0.15) is 25.0 Å². The molecule has 0 aliphatic rings. The Morgan fingerprint density at radius 3 is 2.23 bits per heavy atom. The van der Waals surface area contributed by atoms with E-state index in [2.05, 4.69) is 68.1 Å². The summed E-state index contributed by atoms with van der Waals surface area (Å²) in [5.74, 6) is 0.541. The highest BCUT2D eigenvalue weighted by atomic mass is 16.6. The molecule has 0 aliphatic carbocycles. The Hall–Kier alpha value is -3.93. The minimum Gasteiger partial charge on any atom is -0.488 e. The summed E-state index contributed by atoms with van der Waals surface area (Å²) >= 11 is 0. The molecule has 0 bridgehead atoms. The van der Waals surface area contributed by atoms with Crippen molar-refractivity contribution in [2.45, 2.75) is 27.2 Å². The van der Waals surface area contributed by atoms with E-state index in [1.54, 1.807) is 6.92 Å². The zero-order valence-electron chi connectivity index (χ0n) is 20.5. The zero-order chi connectivity index (χ0) is 25.2. The first-order valence-electron chi connectivity index (χ1n) is 11.6. The van der Waals surface area contributed by atoms with Gasteiger partial charge in [0.1, 0.15) is 26.4 Å². The van der Waals surface area contributed by atoms with E-state index >= 15 is 0 Å². The van der Waals surface area contributed by atoms with Crippen molar-refractivity contribution in [1.82, 2.24) is 0 Å². The van der Waals surface area contributed by atoms with Crippen LogP contribution in [0.25, 0.3) is 22.3 Å². The van der Waals surface area contributed by atoms with Crippen molar-refractivity contribution in [1.29, 1.82) is 0 Å². The summed E-state index contributed by atoms with van der Waals surface area (Å²) < 4.78 is 16.7. The lowest BCUT2D eigenvalue weighted by molar-refractivity contribution is -0.139. The highest BCUT2D eigenvalue weighted by Crippen LogP contribution is 2.36. The SMILES string of the molecule is C=C(C)C(=O)OCCOc1cc(-c2ccc(-c3ccc(C)cc3)cc2CC)ccc1OCCN=O. The molecule has 0 amide bonds. The van der Waals surface area contributed by atoms with Crippen LogP contribution in [0.15, 0.2) is 78.0 Å². The Labute approximate surface area is 206 Å². The van der Waals surface area contributed by atoms with Crippen LogP contribution in [-0.2, 0) is 16.0 Å². The molecular formula is C29H31NO5. The molecule has 182 valence electrons. The van der Waals surface area contributed by atoms with Crippen molar-refractivity contribution in [3.8, 4) is 33.8 Å². The summed E-state index contributed by atoms with van der Waals surface area (Å²) in [4.78, 5) is 22.1. The van der Waals surface area contributed by atoms with E-state index < -0.39 is 5.97 Å². The zero-order valence-corrected chi connectivity index (χ0v) is 20.5. The van der Waals surface area contributed by atoms with Crippen LogP contribution in [0.4, 0.5) is 0 Å². The number of esters is 1. The van der Waals surface area contributed by atoms with Gasteiger partial charge in [-0.3, -0.25) is 0 Å². The van der Waals surface area contributed by atoms with Crippen LogP contribution in [0.5, 0.6) is 11.5 Å². The molecule has 0 saturated carbocycles. The summed E-state index contributed by atoms with van der Waals surface area (Å²) in [6, 6.07) is 20.7. The minimum absolute atomic E-state index is 0.0396.